The number of benzene rings is 2. The van der Waals surface area contributed by atoms with Gasteiger partial charge in [-0.15, -0.1) is 0 Å². The molecule has 8 nitrogen and oxygen atoms in total. The molecule has 2 aromatic heterocycles. The van der Waals surface area contributed by atoms with E-state index < -0.39 is 0 Å². The van der Waals surface area contributed by atoms with Crippen molar-refractivity contribution in [3.05, 3.63) is 77.2 Å². The lowest BCUT2D eigenvalue weighted by molar-refractivity contribution is 0.142. The van der Waals surface area contributed by atoms with E-state index in [2.05, 4.69) is 33.6 Å². The van der Waals surface area contributed by atoms with Crippen molar-refractivity contribution in [2.45, 2.75) is 32.5 Å². The van der Waals surface area contributed by atoms with Crippen LogP contribution in [-0.2, 0) is 11.3 Å². The Bertz CT molecular complexity index is 1450. The number of nitrogens with one attached hydrogen (secondary N) is 2. The third kappa shape index (κ3) is 5.91. The van der Waals surface area contributed by atoms with Gasteiger partial charge < -0.3 is 24.8 Å². The van der Waals surface area contributed by atoms with E-state index >= 15 is 0 Å². The van der Waals surface area contributed by atoms with Crippen LogP contribution in [0, 0.1) is 11.3 Å². The molecular weight excluding hydrogens is 502 g/mol. The minimum atomic E-state index is 0.00570. The fraction of sp³-hybridized carbons (Fsp3) is 0.276. The molecular formula is C29H28ClN5O3. The van der Waals surface area contributed by atoms with Crippen LogP contribution in [0.4, 0.5) is 17.1 Å². The van der Waals surface area contributed by atoms with Crippen LogP contribution in [-0.4, -0.2) is 35.8 Å². The lowest BCUT2D eigenvalue weighted by Gasteiger charge is -2.19. The van der Waals surface area contributed by atoms with Gasteiger partial charge in [-0.1, -0.05) is 24.6 Å². The zero-order chi connectivity index (χ0) is 26.3. The fourth-order valence-corrected chi connectivity index (χ4v) is 4.43. The van der Waals surface area contributed by atoms with Crippen LogP contribution in [0.2, 0.25) is 5.02 Å². The molecule has 4 aromatic rings. The molecule has 0 spiro atoms. The van der Waals surface area contributed by atoms with Crippen LogP contribution in [0.3, 0.4) is 0 Å². The van der Waals surface area contributed by atoms with Gasteiger partial charge in [0.25, 0.3) is 0 Å². The maximum absolute atomic E-state index is 9.85. The number of halogens is 1. The van der Waals surface area contributed by atoms with E-state index in [4.69, 9.17) is 25.8 Å². The Balaban J connectivity index is 1.44. The Morgan fingerprint density at radius 2 is 2.08 bits per heavy atom. The molecule has 194 valence electrons. The molecule has 1 unspecified atom stereocenters. The Morgan fingerprint density at radius 1 is 1.16 bits per heavy atom. The summed E-state index contributed by atoms with van der Waals surface area (Å²) in [5, 5.41) is 17.9. The second kappa shape index (κ2) is 12.0. The summed E-state index contributed by atoms with van der Waals surface area (Å²) in [5.41, 5.74) is 4.15. The quantitative estimate of drug-likeness (QED) is 0.241. The molecule has 1 saturated heterocycles. The Labute approximate surface area is 226 Å². The van der Waals surface area contributed by atoms with Gasteiger partial charge in [0.15, 0.2) is 0 Å². The molecule has 1 fully saturated rings. The maximum Gasteiger partial charge on any atom is 0.145 e. The van der Waals surface area contributed by atoms with Gasteiger partial charge >= 0.3 is 0 Å². The predicted octanol–water partition coefficient (Wildman–Crippen LogP) is 6.47. The second-order valence-electron chi connectivity index (χ2n) is 8.93. The molecule has 3 heterocycles. The zero-order valence-electron chi connectivity index (χ0n) is 21.0. The molecule has 1 atom stereocenters. The van der Waals surface area contributed by atoms with E-state index in [-0.39, 0.29) is 6.10 Å². The second-order valence-corrected chi connectivity index (χ2v) is 9.34. The van der Waals surface area contributed by atoms with Crippen molar-refractivity contribution in [2.75, 3.05) is 30.4 Å². The van der Waals surface area contributed by atoms with E-state index in [9.17, 15) is 5.26 Å². The number of hydrogen-bond acceptors (Lipinski definition) is 8. The molecule has 0 amide bonds. The number of nitrogens with zero attached hydrogens (tertiary/aromatic N) is 3. The van der Waals surface area contributed by atoms with Gasteiger partial charge in [-0.2, -0.15) is 5.26 Å². The van der Waals surface area contributed by atoms with Crippen LogP contribution in [0.5, 0.6) is 11.5 Å². The number of hydrogen-bond donors (Lipinski definition) is 2. The number of rotatable bonds is 10. The Hall–Kier alpha value is -4.06. The third-order valence-electron chi connectivity index (χ3n) is 6.14. The molecule has 0 saturated carbocycles. The van der Waals surface area contributed by atoms with Crippen molar-refractivity contribution in [3.8, 4) is 17.6 Å². The summed E-state index contributed by atoms with van der Waals surface area (Å²) in [7, 11) is 0. The molecule has 1 aliphatic heterocycles. The van der Waals surface area contributed by atoms with Crippen LogP contribution < -0.4 is 20.1 Å². The largest absolute Gasteiger partial charge is 0.486 e. The average Bonchev–Trinajstić information content (AvgIpc) is 3.45. The fourth-order valence-electron chi connectivity index (χ4n) is 4.20. The first-order valence-electron chi connectivity index (χ1n) is 12.6. The van der Waals surface area contributed by atoms with Crippen molar-refractivity contribution in [2.24, 2.45) is 0 Å². The van der Waals surface area contributed by atoms with Crippen molar-refractivity contribution in [3.63, 3.8) is 0 Å². The van der Waals surface area contributed by atoms with Gasteiger partial charge in [0.1, 0.15) is 30.3 Å². The first kappa shape index (κ1) is 25.6. The van der Waals surface area contributed by atoms with Gasteiger partial charge in [0.2, 0.25) is 0 Å². The van der Waals surface area contributed by atoms with Crippen LogP contribution in [0.1, 0.15) is 31.0 Å². The van der Waals surface area contributed by atoms with Gasteiger partial charge in [0, 0.05) is 42.5 Å². The normalized spacial score (nSPS) is 14.7. The molecule has 5 rings (SSSR count). The molecule has 0 bridgehead atoms. The van der Waals surface area contributed by atoms with E-state index in [1.54, 1.807) is 24.5 Å². The predicted molar refractivity (Wildman–Crippen MR) is 148 cm³/mol. The first-order valence-corrected chi connectivity index (χ1v) is 13.0. The minimum absolute atomic E-state index is 0.00570. The minimum Gasteiger partial charge on any atom is -0.486 e. The molecule has 2 aromatic carbocycles. The highest BCUT2D eigenvalue weighted by atomic mass is 35.5. The van der Waals surface area contributed by atoms with Crippen molar-refractivity contribution in [1.82, 2.24) is 9.97 Å². The average molecular weight is 530 g/mol. The number of fused-ring (bicyclic) bond motifs is 1. The van der Waals surface area contributed by atoms with Crippen LogP contribution >= 0.6 is 11.6 Å². The lowest BCUT2D eigenvalue weighted by Crippen LogP contribution is -2.17. The van der Waals surface area contributed by atoms with Gasteiger partial charge in [-0.25, -0.2) is 0 Å². The molecule has 1 aliphatic rings. The van der Waals surface area contributed by atoms with E-state index in [0.29, 0.717) is 47.4 Å². The molecule has 9 heteroatoms. The zero-order valence-corrected chi connectivity index (χ0v) is 21.8. The smallest absolute Gasteiger partial charge is 0.145 e. The number of nitriles is 1. The summed E-state index contributed by atoms with van der Waals surface area (Å²) in [5.74, 6) is 1.27. The lowest BCUT2D eigenvalue weighted by atomic mass is 10.1. The number of pyridine rings is 2. The summed E-state index contributed by atoms with van der Waals surface area (Å²) in [6, 6.07) is 17.2. The topological polar surface area (TPSA) is 101 Å². The summed E-state index contributed by atoms with van der Waals surface area (Å²) >= 11 is 6.54. The maximum atomic E-state index is 9.85. The standard InChI is InChI=1S/C29H28ClN5O3/c1-2-9-33-26-13-23-25(14-28(26)38-22-8-11-36-18-22)34-16-19(15-31)29(23)35-20-6-7-27(24(30)12-20)37-17-21-5-3-4-10-32-21/h3-7,10,12-14,16,22,33H,2,8-9,11,17-18H2,1H3,(H,34,35). The van der Waals surface area contributed by atoms with Crippen molar-refractivity contribution < 1.29 is 14.2 Å². The SMILES string of the molecule is CCCNc1cc2c(Nc3ccc(OCc4ccccn4)c(Cl)c3)c(C#N)cnc2cc1OC1CCOC1. The number of ether oxygens (including phenoxy) is 3. The number of anilines is 3. The summed E-state index contributed by atoms with van der Waals surface area (Å²) in [4.78, 5) is 8.81. The van der Waals surface area contributed by atoms with Crippen LogP contribution in [0.15, 0.2) is 60.9 Å². The van der Waals surface area contributed by atoms with Crippen molar-refractivity contribution in [1.29, 1.82) is 5.26 Å². The molecule has 2 N–H and O–H groups in total. The first-order chi connectivity index (χ1) is 18.6. The van der Waals surface area contributed by atoms with Crippen molar-refractivity contribution >= 4 is 39.6 Å². The molecule has 0 radical (unpaired) electrons. The Kier molecular flexibility index (Phi) is 8.07. The van der Waals surface area contributed by atoms with Crippen LogP contribution in [0.25, 0.3) is 10.9 Å². The molecule has 0 aliphatic carbocycles. The van der Waals surface area contributed by atoms with Gasteiger partial charge in [-0.3, -0.25) is 9.97 Å². The molecule has 38 heavy (non-hydrogen) atoms. The van der Waals surface area contributed by atoms with E-state index in [0.717, 1.165) is 47.6 Å². The monoisotopic (exact) mass is 529 g/mol. The Morgan fingerprint density at radius 3 is 2.82 bits per heavy atom. The summed E-state index contributed by atoms with van der Waals surface area (Å²) < 4.78 is 17.6. The number of aromatic nitrogens is 2. The highest BCUT2D eigenvalue weighted by Crippen LogP contribution is 2.38. The van der Waals surface area contributed by atoms with E-state index in [1.165, 1.54) is 0 Å². The van der Waals surface area contributed by atoms with Gasteiger partial charge in [-0.05, 0) is 42.8 Å². The van der Waals surface area contributed by atoms with E-state index in [1.807, 2.05) is 36.4 Å². The third-order valence-corrected chi connectivity index (χ3v) is 6.44. The summed E-state index contributed by atoms with van der Waals surface area (Å²) in [6.07, 6.45) is 5.10. The highest BCUT2D eigenvalue weighted by Gasteiger charge is 2.20. The summed E-state index contributed by atoms with van der Waals surface area (Å²) in [6.45, 7) is 4.47. The highest BCUT2D eigenvalue weighted by molar-refractivity contribution is 6.32. The van der Waals surface area contributed by atoms with Gasteiger partial charge in [0.05, 0.1) is 46.4 Å².